The summed E-state index contributed by atoms with van der Waals surface area (Å²) in [6.45, 7) is 5.04. The molecule has 1 heterocycles. The molecular formula is C14H17FN4O. The van der Waals surface area contributed by atoms with E-state index < -0.39 is 0 Å². The van der Waals surface area contributed by atoms with Gasteiger partial charge >= 0.3 is 6.01 Å². The molecule has 1 aromatic carbocycles. The number of rotatable bonds is 6. The fourth-order valence-electron chi connectivity index (χ4n) is 1.63. The lowest BCUT2D eigenvalue weighted by atomic mass is 10.2. The standard InChI is InChI=1S/C14H17FN4O/c1-3-9-16-13-17-12(18-14(19-13)20-4-2)10-7-5-6-8-11(10)15/h5-8H,3-4,9H2,1-2H3,(H,16,17,18,19). The Morgan fingerprint density at radius 2 is 1.95 bits per heavy atom. The van der Waals surface area contributed by atoms with Gasteiger partial charge in [-0.2, -0.15) is 15.0 Å². The third-order valence-electron chi connectivity index (χ3n) is 2.54. The van der Waals surface area contributed by atoms with Crippen molar-refractivity contribution in [3.05, 3.63) is 30.1 Å². The van der Waals surface area contributed by atoms with Crippen LogP contribution in [-0.2, 0) is 0 Å². The van der Waals surface area contributed by atoms with Gasteiger partial charge in [-0.05, 0) is 25.5 Å². The fraction of sp³-hybridized carbons (Fsp3) is 0.357. The molecule has 0 bridgehead atoms. The van der Waals surface area contributed by atoms with Crippen LogP contribution < -0.4 is 10.1 Å². The Labute approximate surface area is 117 Å². The molecule has 0 radical (unpaired) electrons. The Balaban J connectivity index is 2.40. The minimum Gasteiger partial charge on any atom is -0.464 e. The molecule has 6 heteroatoms. The smallest absolute Gasteiger partial charge is 0.321 e. The van der Waals surface area contributed by atoms with Gasteiger partial charge in [0.05, 0.1) is 12.2 Å². The Kier molecular flexibility index (Phi) is 4.81. The van der Waals surface area contributed by atoms with Crippen LogP contribution in [0.3, 0.4) is 0 Å². The van der Waals surface area contributed by atoms with Crippen molar-refractivity contribution in [2.24, 2.45) is 0 Å². The summed E-state index contributed by atoms with van der Waals surface area (Å²) in [7, 11) is 0. The number of benzene rings is 1. The molecule has 0 unspecified atom stereocenters. The van der Waals surface area contributed by atoms with Gasteiger partial charge in [-0.1, -0.05) is 19.1 Å². The van der Waals surface area contributed by atoms with E-state index in [1.807, 2.05) is 13.8 Å². The Bertz CT molecular complexity index is 577. The predicted octanol–water partition coefficient (Wildman–Crippen LogP) is 2.90. The zero-order chi connectivity index (χ0) is 14.4. The first-order valence-corrected chi connectivity index (χ1v) is 6.62. The molecular weight excluding hydrogens is 259 g/mol. The third kappa shape index (κ3) is 3.40. The highest BCUT2D eigenvalue weighted by Crippen LogP contribution is 2.21. The molecule has 0 spiro atoms. The van der Waals surface area contributed by atoms with E-state index in [-0.39, 0.29) is 17.7 Å². The van der Waals surface area contributed by atoms with Gasteiger partial charge in [-0.15, -0.1) is 0 Å². The SMILES string of the molecule is CCCNc1nc(OCC)nc(-c2ccccc2F)n1. The Morgan fingerprint density at radius 3 is 2.65 bits per heavy atom. The highest BCUT2D eigenvalue weighted by Gasteiger charge is 2.12. The van der Waals surface area contributed by atoms with E-state index in [9.17, 15) is 4.39 Å². The van der Waals surface area contributed by atoms with Gasteiger partial charge in [0.1, 0.15) is 5.82 Å². The largest absolute Gasteiger partial charge is 0.464 e. The second-order valence-corrected chi connectivity index (χ2v) is 4.10. The molecule has 0 amide bonds. The Hall–Kier alpha value is -2.24. The van der Waals surface area contributed by atoms with Crippen molar-refractivity contribution in [3.63, 3.8) is 0 Å². The average Bonchev–Trinajstić information content (AvgIpc) is 2.46. The van der Waals surface area contributed by atoms with Crippen LogP contribution in [-0.4, -0.2) is 28.1 Å². The van der Waals surface area contributed by atoms with Crippen molar-refractivity contribution >= 4 is 5.95 Å². The molecule has 5 nitrogen and oxygen atoms in total. The first-order valence-electron chi connectivity index (χ1n) is 6.62. The van der Waals surface area contributed by atoms with Crippen LogP contribution in [0.25, 0.3) is 11.4 Å². The number of hydrogen-bond acceptors (Lipinski definition) is 5. The van der Waals surface area contributed by atoms with Gasteiger partial charge in [0.25, 0.3) is 0 Å². The minimum absolute atomic E-state index is 0.194. The third-order valence-corrected chi connectivity index (χ3v) is 2.54. The number of aromatic nitrogens is 3. The van der Waals surface area contributed by atoms with Gasteiger partial charge in [0, 0.05) is 6.54 Å². The predicted molar refractivity (Wildman–Crippen MR) is 75.2 cm³/mol. The lowest BCUT2D eigenvalue weighted by Gasteiger charge is -2.08. The molecule has 0 aliphatic carbocycles. The van der Waals surface area contributed by atoms with E-state index in [1.54, 1.807) is 18.2 Å². The van der Waals surface area contributed by atoms with Crippen molar-refractivity contribution in [1.29, 1.82) is 0 Å². The quantitative estimate of drug-likeness (QED) is 0.879. The van der Waals surface area contributed by atoms with E-state index >= 15 is 0 Å². The number of nitrogens with one attached hydrogen (secondary N) is 1. The molecule has 2 aromatic rings. The van der Waals surface area contributed by atoms with E-state index in [2.05, 4.69) is 20.3 Å². The number of anilines is 1. The van der Waals surface area contributed by atoms with Crippen molar-refractivity contribution in [3.8, 4) is 17.4 Å². The number of ether oxygens (including phenoxy) is 1. The highest BCUT2D eigenvalue weighted by molar-refractivity contribution is 5.57. The number of hydrogen-bond donors (Lipinski definition) is 1. The van der Waals surface area contributed by atoms with Crippen LogP contribution in [0.15, 0.2) is 24.3 Å². The maximum atomic E-state index is 13.8. The van der Waals surface area contributed by atoms with Crippen molar-refractivity contribution in [1.82, 2.24) is 15.0 Å². The summed E-state index contributed by atoms with van der Waals surface area (Å²) in [6, 6.07) is 6.56. The molecule has 2 rings (SSSR count). The van der Waals surface area contributed by atoms with Gasteiger partial charge in [-0.3, -0.25) is 0 Å². The minimum atomic E-state index is -0.373. The monoisotopic (exact) mass is 276 g/mol. The summed E-state index contributed by atoms with van der Waals surface area (Å²) in [6.07, 6.45) is 0.935. The number of nitrogens with zero attached hydrogens (tertiary/aromatic N) is 3. The molecule has 20 heavy (non-hydrogen) atoms. The van der Waals surface area contributed by atoms with Crippen LogP contribution >= 0.6 is 0 Å². The Morgan fingerprint density at radius 1 is 1.15 bits per heavy atom. The first kappa shape index (κ1) is 14.2. The van der Waals surface area contributed by atoms with E-state index in [4.69, 9.17) is 4.74 Å². The van der Waals surface area contributed by atoms with Crippen LogP contribution in [0.4, 0.5) is 10.3 Å². The molecule has 0 aliphatic heterocycles. The summed E-state index contributed by atoms with van der Waals surface area (Å²) >= 11 is 0. The second kappa shape index (κ2) is 6.79. The van der Waals surface area contributed by atoms with Crippen molar-refractivity contribution in [2.45, 2.75) is 20.3 Å². The summed E-state index contributed by atoms with van der Waals surface area (Å²) < 4.78 is 19.1. The van der Waals surface area contributed by atoms with Gasteiger partial charge < -0.3 is 10.1 Å². The van der Waals surface area contributed by atoms with Crippen LogP contribution in [0.5, 0.6) is 6.01 Å². The van der Waals surface area contributed by atoms with E-state index in [0.29, 0.717) is 18.1 Å². The summed E-state index contributed by atoms with van der Waals surface area (Å²) in [5.74, 6) is 0.284. The topological polar surface area (TPSA) is 59.9 Å². The molecule has 106 valence electrons. The van der Waals surface area contributed by atoms with Gasteiger partial charge in [-0.25, -0.2) is 4.39 Å². The molecule has 0 aliphatic rings. The molecule has 0 saturated carbocycles. The fourth-order valence-corrected chi connectivity index (χ4v) is 1.63. The lowest BCUT2D eigenvalue weighted by molar-refractivity contribution is 0.312. The normalized spacial score (nSPS) is 10.3. The second-order valence-electron chi connectivity index (χ2n) is 4.10. The van der Waals surface area contributed by atoms with Crippen molar-refractivity contribution < 1.29 is 9.13 Å². The first-order chi connectivity index (χ1) is 9.74. The maximum Gasteiger partial charge on any atom is 0.321 e. The lowest BCUT2D eigenvalue weighted by Crippen LogP contribution is -2.09. The average molecular weight is 276 g/mol. The zero-order valence-corrected chi connectivity index (χ0v) is 11.6. The van der Waals surface area contributed by atoms with Crippen molar-refractivity contribution in [2.75, 3.05) is 18.5 Å². The highest BCUT2D eigenvalue weighted by atomic mass is 19.1. The van der Waals surface area contributed by atoms with Gasteiger partial charge in [0.2, 0.25) is 5.95 Å². The summed E-state index contributed by atoms with van der Waals surface area (Å²) in [4.78, 5) is 12.5. The van der Waals surface area contributed by atoms with Crippen LogP contribution in [0.2, 0.25) is 0 Å². The zero-order valence-electron chi connectivity index (χ0n) is 11.6. The molecule has 0 atom stereocenters. The summed E-state index contributed by atoms with van der Waals surface area (Å²) in [5.41, 5.74) is 0.329. The van der Waals surface area contributed by atoms with Gasteiger partial charge in [0.15, 0.2) is 5.82 Å². The van der Waals surface area contributed by atoms with Crippen LogP contribution in [0, 0.1) is 5.82 Å². The molecule has 1 aromatic heterocycles. The number of halogens is 1. The summed E-state index contributed by atoms with van der Waals surface area (Å²) in [5, 5.41) is 3.06. The molecule has 0 saturated heterocycles. The molecule has 0 fully saturated rings. The van der Waals surface area contributed by atoms with E-state index in [1.165, 1.54) is 6.07 Å². The molecule has 1 N–H and O–H groups in total. The maximum absolute atomic E-state index is 13.8. The van der Waals surface area contributed by atoms with Crippen LogP contribution in [0.1, 0.15) is 20.3 Å². The van der Waals surface area contributed by atoms with E-state index in [0.717, 1.165) is 13.0 Å².